The van der Waals surface area contributed by atoms with Crippen LogP contribution in [0.4, 0.5) is 0 Å². The maximum Gasteiger partial charge on any atom is 0.227 e. The van der Waals surface area contributed by atoms with Crippen LogP contribution in [0.25, 0.3) is 0 Å². The number of piperazine rings is 1. The average molecular weight is 387 g/mol. The van der Waals surface area contributed by atoms with Crippen LogP contribution in [0.15, 0.2) is 42.5 Å². The molecule has 0 radical (unpaired) electrons. The summed E-state index contributed by atoms with van der Waals surface area (Å²) in [5.74, 6) is 1.00. The van der Waals surface area contributed by atoms with Crippen molar-refractivity contribution >= 4 is 17.5 Å². The Labute approximate surface area is 166 Å². The SMILES string of the molecule is COc1cc(CC(=O)N2CCN(C(C)c3ccccc3Cl)CC2)ccc1C. The molecule has 2 aromatic carbocycles. The molecule has 1 amide bonds. The largest absolute Gasteiger partial charge is 0.496 e. The van der Waals surface area contributed by atoms with Crippen molar-refractivity contribution in [2.24, 2.45) is 0 Å². The molecule has 1 aliphatic rings. The molecule has 1 heterocycles. The van der Waals surface area contributed by atoms with Gasteiger partial charge in [0.15, 0.2) is 0 Å². The van der Waals surface area contributed by atoms with Gasteiger partial charge < -0.3 is 9.64 Å². The average Bonchev–Trinajstić information content (AvgIpc) is 2.69. The number of carbonyl (C=O) groups excluding carboxylic acids is 1. The molecule has 1 fully saturated rings. The van der Waals surface area contributed by atoms with E-state index in [1.54, 1.807) is 7.11 Å². The number of nitrogens with zero attached hydrogens (tertiary/aromatic N) is 2. The topological polar surface area (TPSA) is 32.8 Å². The number of benzene rings is 2. The third-order valence-corrected chi connectivity index (χ3v) is 5.74. The first-order valence-corrected chi connectivity index (χ1v) is 9.77. The fourth-order valence-electron chi connectivity index (χ4n) is 3.63. The third kappa shape index (κ3) is 4.63. The van der Waals surface area contributed by atoms with Crippen molar-refractivity contribution in [1.29, 1.82) is 0 Å². The lowest BCUT2D eigenvalue weighted by molar-refractivity contribution is -0.132. The Morgan fingerprint density at radius 3 is 2.52 bits per heavy atom. The van der Waals surface area contributed by atoms with E-state index in [9.17, 15) is 4.79 Å². The van der Waals surface area contributed by atoms with Gasteiger partial charge in [-0.3, -0.25) is 9.69 Å². The van der Waals surface area contributed by atoms with Gasteiger partial charge >= 0.3 is 0 Å². The van der Waals surface area contributed by atoms with E-state index in [1.807, 2.05) is 48.2 Å². The van der Waals surface area contributed by atoms with Gasteiger partial charge in [-0.15, -0.1) is 0 Å². The molecule has 1 atom stereocenters. The summed E-state index contributed by atoms with van der Waals surface area (Å²) in [6, 6.07) is 14.2. The second-order valence-electron chi connectivity index (χ2n) is 7.09. The molecule has 3 rings (SSSR count). The van der Waals surface area contributed by atoms with Crippen molar-refractivity contribution in [3.8, 4) is 5.75 Å². The molecule has 0 bridgehead atoms. The Bertz CT molecular complexity index is 801. The molecule has 27 heavy (non-hydrogen) atoms. The van der Waals surface area contributed by atoms with E-state index in [0.29, 0.717) is 6.42 Å². The normalized spacial score (nSPS) is 16.2. The van der Waals surface area contributed by atoms with E-state index in [-0.39, 0.29) is 11.9 Å². The summed E-state index contributed by atoms with van der Waals surface area (Å²) < 4.78 is 5.36. The Morgan fingerprint density at radius 2 is 1.85 bits per heavy atom. The summed E-state index contributed by atoms with van der Waals surface area (Å²) in [6.45, 7) is 7.39. The van der Waals surface area contributed by atoms with Crippen molar-refractivity contribution < 1.29 is 9.53 Å². The lowest BCUT2D eigenvalue weighted by atomic mass is 10.1. The standard InChI is InChI=1S/C22H27ClN2O2/c1-16-8-9-18(14-21(16)27-3)15-22(26)25-12-10-24(11-13-25)17(2)19-6-4-5-7-20(19)23/h4-9,14,17H,10-13,15H2,1-3H3. The summed E-state index contributed by atoms with van der Waals surface area (Å²) in [7, 11) is 1.66. The molecule has 0 spiro atoms. The fourth-order valence-corrected chi connectivity index (χ4v) is 3.92. The fraction of sp³-hybridized carbons (Fsp3) is 0.409. The van der Waals surface area contributed by atoms with E-state index < -0.39 is 0 Å². The van der Waals surface area contributed by atoms with Crippen LogP contribution < -0.4 is 4.74 Å². The first-order chi connectivity index (χ1) is 13.0. The maximum atomic E-state index is 12.7. The highest BCUT2D eigenvalue weighted by Crippen LogP contribution is 2.28. The van der Waals surface area contributed by atoms with Gasteiger partial charge in [0.2, 0.25) is 5.91 Å². The summed E-state index contributed by atoms with van der Waals surface area (Å²) in [5, 5.41) is 0.803. The van der Waals surface area contributed by atoms with Crippen molar-refractivity contribution in [3.05, 3.63) is 64.2 Å². The Balaban J connectivity index is 1.57. The van der Waals surface area contributed by atoms with Crippen LogP contribution in [0.3, 0.4) is 0 Å². The molecule has 1 aliphatic heterocycles. The first-order valence-electron chi connectivity index (χ1n) is 9.39. The van der Waals surface area contributed by atoms with Gasteiger partial charge in [0.05, 0.1) is 13.5 Å². The molecule has 2 aromatic rings. The van der Waals surface area contributed by atoms with Crippen molar-refractivity contribution in [2.45, 2.75) is 26.3 Å². The van der Waals surface area contributed by atoms with Gasteiger partial charge in [-0.1, -0.05) is 41.9 Å². The molecular weight excluding hydrogens is 360 g/mol. The summed E-state index contributed by atoms with van der Waals surface area (Å²) in [4.78, 5) is 17.0. The summed E-state index contributed by atoms with van der Waals surface area (Å²) >= 11 is 6.34. The zero-order valence-corrected chi connectivity index (χ0v) is 17.0. The summed E-state index contributed by atoms with van der Waals surface area (Å²) in [5.41, 5.74) is 3.22. The highest BCUT2D eigenvalue weighted by atomic mass is 35.5. The van der Waals surface area contributed by atoms with E-state index in [0.717, 1.165) is 53.6 Å². The van der Waals surface area contributed by atoms with Gasteiger partial charge in [0.1, 0.15) is 5.75 Å². The van der Waals surface area contributed by atoms with Gasteiger partial charge in [0.25, 0.3) is 0 Å². The molecule has 0 aliphatic carbocycles. The molecule has 0 aromatic heterocycles. The van der Waals surface area contributed by atoms with E-state index in [4.69, 9.17) is 16.3 Å². The number of halogens is 1. The number of hydrogen-bond donors (Lipinski definition) is 0. The van der Waals surface area contributed by atoms with E-state index in [1.165, 1.54) is 0 Å². The maximum absolute atomic E-state index is 12.7. The summed E-state index contributed by atoms with van der Waals surface area (Å²) in [6.07, 6.45) is 0.413. The molecule has 4 nitrogen and oxygen atoms in total. The molecular formula is C22H27ClN2O2. The number of amides is 1. The predicted molar refractivity (Wildman–Crippen MR) is 109 cm³/mol. The van der Waals surface area contributed by atoms with Gasteiger partial charge in [-0.25, -0.2) is 0 Å². The van der Waals surface area contributed by atoms with Crippen LogP contribution in [-0.4, -0.2) is 49.0 Å². The number of ether oxygens (including phenoxy) is 1. The van der Waals surface area contributed by atoms with Crippen molar-refractivity contribution in [3.63, 3.8) is 0 Å². The molecule has 0 saturated carbocycles. The molecule has 1 unspecified atom stereocenters. The zero-order chi connectivity index (χ0) is 19.4. The van der Waals surface area contributed by atoms with Crippen LogP contribution >= 0.6 is 11.6 Å². The molecule has 144 valence electrons. The minimum Gasteiger partial charge on any atom is -0.496 e. The number of aryl methyl sites for hydroxylation is 1. The van der Waals surface area contributed by atoms with Crippen LogP contribution in [-0.2, 0) is 11.2 Å². The number of rotatable bonds is 5. The predicted octanol–water partition coefficient (Wildman–Crippen LogP) is 4.10. The second kappa shape index (κ2) is 8.77. The van der Waals surface area contributed by atoms with Crippen LogP contribution in [0.1, 0.15) is 29.7 Å². The molecule has 5 heteroatoms. The second-order valence-corrected chi connectivity index (χ2v) is 7.50. The van der Waals surface area contributed by atoms with Gasteiger partial charge in [-0.2, -0.15) is 0 Å². The van der Waals surface area contributed by atoms with Gasteiger partial charge in [-0.05, 0) is 42.7 Å². The van der Waals surface area contributed by atoms with E-state index >= 15 is 0 Å². The highest BCUT2D eigenvalue weighted by Gasteiger charge is 2.25. The molecule has 1 saturated heterocycles. The van der Waals surface area contributed by atoms with Crippen molar-refractivity contribution in [2.75, 3.05) is 33.3 Å². The highest BCUT2D eigenvalue weighted by molar-refractivity contribution is 6.31. The first kappa shape index (κ1) is 19.7. The van der Waals surface area contributed by atoms with Crippen LogP contribution in [0, 0.1) is 6.92 Å². The Hall–Kier alpha value is -2.04. The van der Waals surface area contributed by atoms with E-state index in [2.05, 4.69) is 17.9 Å². The van der Waals surface area contributed by atoms with Crippen molar-refractivity contribution in [1.82, 2.24) is 9.80 Å². The lowest BCUT2D eigenvalue weighted by Crippen LogP contribution is -2.49. The number of methoxy groups -OCH3 is 1. The molecule has 0 N–H and O–H groups in total. The van der Waals surface area contributed by atoms with Crippen LogP contribution in [0.5, 0.6) is 5.75 Å². The minimum absolute atomic E-state index is 0.172. The Morgan fingerprint density at radius 1 is 1.15 bits per heavy atom. The third-order valence-electron chi connectivity index (χ3n) is 5.40. The monoisotopic (exact) mass is 386 g/mol. The Kier molecular flexibility index (Phi) is 6.40. The zero-order valence-electron chi connectivity index (χ0n) is 16.2. The smallest absolute Gasteiger partial charge is 0.227 e. The number of carbonyl (C=O) groups is 1. The minimum atomic E-state index is 0.172. The lowest BCUT2D eigenvalue weighted by Gasteiger charge is -2.38. The quantitative estimate of drug-likeness (QED) is 0.775. The van der Waals surface area contributed by atoms with Gasteiger partial charge in [0, 0.05) is 37.2 Å². The van der Waals surface area contributed by atoms with Crippen LogP contribution in [0.2, 0.25) is 5.02 Å². The number of hydrogen-bond acceptors (Lipinski definition) is 3.